The van der Waals surface area contributed by atoms with Crippen LogP contribution in [0.2, 0.25) is 0 Å². The number of rotatable bonds is 84. The fourth-order valence-corrected chi connectivity index (χ4v) is 14.1. The van der Waals surface area contributed by atoms with Gasteiger partial charge in [0.05, 0.1) is 0 Å². The quantitative estimate of drug-likeness (QED) is 0.0440. The van der Waals surface area contributed by atoms with Crippen molar-refractivity contribution >= 4 is 23.9 Å². The Kier molecular flexibility index (Phi) is 105. The summed E-state index contributed by atoms with van der Waals surface area (Å²) < 4.78 is 0. The zero-order valence-electron chi connectivity index (χ0n) is 68.8. The molecule has 0 saturated heterocycles. The van der Waals surface area contributed by atoms with Gasteiger partial charge in [-0.2, -0.15) is 0 Å². The summed E-state index contributed by atoms with van der Waals surface area (Å²) in [5.41, 5.74) is 0. The first kappa shape index (κ1) is 104. The van der Waals surface area contributed by atoms with Crippen molar-refractivity contribution in [1.29, 1.82) is 0 Å². The van der Waals surface area contributed by atoms with Crippen molar-refractivity contribution < 1.29 is 39.6 Å². The van der Waals surface area contributed by atoms with Crippen LogP contribution in [0.3, 0.4) is 0 Å². The van der Waals surface area contributed by atoms with Gasteiger partial charge in [0.25, 0.3) is 0 Å². The number of carboxylic acid groups (broad SMARTS) is 4. The van der Waals surface area contributed by atoms with Crippen LogP contribution >= 0.6 is 0 Å². The van der Waals surface area contributed by atoms with E-state index in [0.29, 0.717) is 25.7 Å². The summed E-state index contributed by atoms with van der Waals surface area (Å²) in [4.78, 5) is 41.6. The Labute approximate surface area is 627 Å². The Morgan fingerprint density at radius 2 is 0.180 bits per heavy atom. The molecule has 0 aromatic rings. The Morgan fingerprint density at radius 1 is 0.120 bits per heavy atom. The first-order chi connectivity index (χ1) is 49.1. The molecule has 0 aliphatic carbocycles. The SMILES string of the molecule is CCCCCCCCCCCCCCCCCCCCCC(=O)O.CCCCCCCCCCCCCCCCCCCCCC(=O)O.CCCCCCCCCCCCCCCCCCCCCCCC(=O)O.CCCCCCCCCCCCCCCCCCCCCCCC(=O)O. The lowest BCUT2D eigenvalue weighted by molar-refractivity contribution is -0.138. The smallest absolute Gasteiger partial charge is 0.303 e. The Morgan fingerprint density at radius 3 is 0.240 bits per heavy atom. The third-order valence-corrected chi connectivity index (χ3v) is 21.0. The molecule has 8 heteroatoms. The lowest BCUT2D eigenvalue weighted by Crippen LogP contribution is -1.93. The first-order valence-corrected chi connectivity index (χ1v) is 46.0. The van der Waals surface area contributed by atoms with E-state index in [1.807, 2.05) is 0 Å². The maximum Gasteiger partial charge on any atom is 0.303 e. The maximum absolute atomic E-state index is 10.4. The third-order valence-electron chi connectivity index (χ3n) is 21.0. The molecule has 0 amide bonds. The van der Waals surface area contributed by atoms with E-state index < -0.39 is 23.9 Å². The highest BCUT2D eigenvalue weighted by atomic mass is 16.4. The van der Waals surface area contributed by atoms with Crippen LogP contribution in [0.1, 0.15) is 567 Å². The van der Waals surface area contributed by atoms with Gasteiger partial charge in [-0.15, -0.1) is 0 Å². The van der Waals surface area contributed by atoms with Crippen molar-refractivity contribution in [2.45, 2.75) is 567 Å². The van der Waals surface area contributed by atoms with Crippen molar-refractivity contribution in [1.82, 2.24) is 0 Å². The van der Waals surface area contributed by atoms with E-state index in [-0.39, 0.29) is 0 Å². The highest BCUT2D eigenvalue weighted by Crippen LogP contribution is 2.21. The van der Waals surface area contributed by atoms with Gasteiger partial charge in [-0.05, 0) is 25.7 Å². The minimum atomic E-state index is -0.651. The van der Waals surface area contributed by atoms with E-state index in [1.54, 1.807) is 0 Å². The summed E-state index contributed by atoms with van der Waals surface area (Å²) in [5.74, 6) is -2.60. The Balaban J connectivity index is -0.000000615. The van der Waals surface area contributed by atoms with Crippen molar-refractivity contribution in [2.24, 2.45) is 0 Å². The van der Waals surface area contributed by atoms with Crippen LogP contribution in [0, 0.1) is 0 Å². The summed E-state index contributed by atoms with van der Waals surface area (Å²) in [6.07, 6.45) is 110. The second-order valence-corrected chi connectivity index (χ2v) is 31.4. The van der Waals surface area contributed by atoms with Crippen LogP contribution in [0.15, 0.2) is 0 Å². The summed E-state index contributed by atoms with van der Waals surface area (Å²) in [7, 11) is 0. The van der Waals surface area contributed by atoms with E-state index in [9.17, 15) is 19.2 Å². The molecule has 600 valence electrons. The molecule has 8 nitrogen and oxygen atoms in total. The van der Waals surface area contributed by atoms with Crippen LogP contribution in [-0.4, -0.2) is 44.3 Å². The monoisotopic (exact) mass is 1420 g/mol. The summed E-state index contributed by atoms with van der Waals surface area (Å²) in [6.45, 7) is 9.14. The van der Waals surface area contributed by atoms with Crippen LogP contribution in [-0.2, 0) is 19.2 Å². The van der Waals surface area contributed by atoms with Gasteiger partial charge in [0.2, 0.25) is 0 Å². The van der Waals surface area contributed by atoms with Crippen LogP contribution in [0.4, 0.5) is 0 Å². The molecule has 4 N–H and O–H groups in total. The van der Waals surface area contributed by atoms with Gasteiger partial charge in [-0.3, -0.25) is 19.2 Å². The minimum Gasteiger partial charge on any atom is -0.481 e. The number of carbonyl (C=O) groups is 4. The average molecular weight is 1420 g/mol. The molecule has 0 bridgehead atoms. The fraction of sp³-hybridized carbons (Fsp3) is 0.957. The molecule has 0 spiro atoms. The van der Waals surface area contributed by atoms with Gasteiger partial charge in [-0.25, -0.2) is 0 Å². The van der Waals surface area contributed by atoms with Crippen LogP contribution < -0.4 is 0 Å². The molecular weight excluding hydrogens is 1230 g/mol. The topological polar surface area (TPSA) is 149 Å². The molecule has 0 saturated carbocycles. The summed E-state index contributed by atoms with van der Waals surface area (Å²) in [5, 5.41) is 34.3. The van der Waals surface area contributed by atoms with E-state index in [0.717, 1.165) is 51.4 Å². The van der Waals surface area contributed by atoms with E-state index >= 15 is 0 Å². The van der Waals surface area contributed by atoms with Gasteiger partial charge in [0, 0.05) is 25.7 Å². The molecule has 0 aliphatic heterocycles. The standard InChI is InChI=1S/2C24H48O2.2C22H44O2/c2*1-2-3-4-5-6-7-8-9-10-11-12-13-14-15-16-17-18-19-20-21-22-23-24(25)26;2*1-2-3-4-5-6-7-8-9-10-11-12-13-14-15-16-17-18-19-20-21-22(23)24/h2*2-23H2,1H3,(H,25,26);2*2-21H2,1H3,(H,23,24). The second-order valence-electron chi connectivity index (χ2n) is 31.4. The Bertz CT molecular complexity index is 1380. The highest BCUT2D eigenvalue weighted by Gasteiger charge is 2.04. The van der Waals surface area contributed by atoms with Gasteiger partial charge >= 0.3 is 23.9 Å². The molecule has 0 aromatic carbocycles. The van der Waals surface area contributed by atoms with Crippen LogP contribution in [0.25, 0.3) is 0 Å². The summed E-state index contributed by atoms with van der Waals surface area (Å²) >= 11 is 0. The Hall–Kier alpha value is -2.12. The number of hydrogen-bond acceptors (Lipinski definition) is 4. The summed E-state index contributed by atoms with van der Waals surface area (Å²) in [6, 6.07) is 0. The van der Waals surface area contributed by atoms with Crippen molar-refractivity contribution in [3.05, 3.63) is 0 Å². The van der Waals surface area contributed by atoms with Crippen LogP contribution in [0.5, 0.6) is 0 Å². The van der Waals surface area contributed by atoms with Gasteiger partial charge in [-0.1, -0.05) is 516 Å². The second kappa shape index (κ2) is 101. The highest BCUT2D eigenvalue weighted by molar-refractivity contribution is 5.67. The number of hydrogen-bond donors (Lipinski definition) is 4. The zero-order valence-corrected chi connectivity index (χ0v) is 68.8. The molecule has 0 radical (unpaired) electrons. The number of carboxylic acids is 4. The van der Waals surface area contributed by atoms with Crippen molar-refractivity contribution in [2.75, 3.05) is 0 Å². The maximum atomic E-state index is 10.4. The number of unbranched alkanes of at least 4 members (excludes halogenated alkanes) is 76. The van der Waals surface area contributed by atoms with Crippen molar-refractivity contribution in [3.63, 3.8) is 0 Å². The molecule has 0 aliphatic rings. The van der Waals surface area contributed by atoms with E-state index in [2.05, 4.69) is 27.7 Å². The van der Waals surface area contributed by atoms with E-state index in [1.165, 1.54) is 462 Å². The molecule has 0 rings (SSSR count). The van der Waals surface area contributed by atoms with Gasteiger partial charge < -0.3 is 20.4 Å². The lowest BCUT2D eigenvalue weighted by atomic mass is 10.0. The predicted octanol–water partition coefficient (Wildman–Crippen LogP) is 33.1. The molecule has 0 aromatic heterocycles. The fourth-order valence-electron chi connectivity index (χ4n) is 14.1. The van der Waals surface area contributed by atoms with Crippen molar-refractivity contribution in [3.8, 4) is 0 Å². The van der Waals surface area contributed by atoms with Gasteiger partial charge in [0.1, 0.15) is 0 Å². The lowest BCUT2D eigenvalue weighted by Gasteiger charge is -2.04. The first-order valence-electron chi connectivity index (χ1n) is 46.0. The number of aliphatic carboxylic acids is 4. The largest absolute Gasteiger partial charge is 0.481 e. The average Bonchev–Trinajstić information content (AvgIpc) is 3.64. The van der Waals surface area contributed by atoms with Gasteiger partial charge in [0.15, 0.2) is 0 Å². The molecule has 0 heterocycles. The minimum absolute atomic E-state index is 0.346. The molecule has 0 atom stereocenters. The normalized spacial score (nSPS) is 11.1. The third kappa shape index (κ3) is 117. The molecular formula is C92H184O8. The van der Waals surface area contributed by atoms with E-state index in [4.69, 9.17) is 20.4 Å². The molecule has 0 unspecified atom stereocenters. The zero-order chi connectivity index (χ0) is 73.7. The molecule has 100 heavy (non-hydrogen) atoms. The predicted molar refractivity (Wildman–Crippen MR) is 441 cm³/mol. The molecule has 0 fully saturated rings.